The number of rotatable bonds is 4. The molecular formula is C17H26N4. The molecule has 21 heavy (non-hydrogen) atoms. The Morgan fingerprint density at radius 2 is 2.14 bits per heavy atom. The van der Waals surface area contributed by atoms with Crippen LogP contribution in [0.2, 0.25) is 0 Å². The SMILES string of the molecule is Cc1nc2cc(N)ccc2n1CCCN1CCCCC1C. The molecule has 1 aromatic carbocycles. The molecule has 2 heterocycles. The number of nitrogens with two attached hydrogens (primary N) is 1. The van der Waals surface area contributed by atoms with Crippen molar-refractivity contribution in [2.45, 2.75) is 52.1 Å². The van der Waals surface area contributed by atoms with E-state index in [0.717, 1.165) is 29.6 Å². The summed E-state index contributed by atoms with van der Waals surface area (Å²) in [5.74, 6) is 1.09. The van der Waals surface area contributed by atoms with Gasteiger partial charge in [0.1, 0.15) is 5.82 Å². The highest BCUT2D eigenvalue weighted by atomic mass is 15.2. The fraction of sp³-hybridized carbons (Fsp3) is 0.588. The third kappa shape index (κ3) is 3.05. The molecule has 0 amide bonds. The van der Waals surface area contributed by atoms with Gasteiger partial charge in [-0.25, -0.2) is 4.98 Å². The molecule has 1 aliphatic rings. The number of imidazole rings is 1. The molecule has 1 saturated heterocycles. The third-order valence-corrected chi connectivity index (χ3v) is 4.73. The van der Waals surface area contributed by atoms with Crippen LogP contribution in [0.5, 0.6) is 0 Å². The summed E-state index contributed by atoms with van der Waals surface area (Å²) < 4.78 is 2.32. The van der Waals surface area contributed by atoms with Crippen molar-refractivity contribution in [3.05, 3.63) is 24.0 Å². The predicted molar refractivity (Wildman–Crippen MR) is 88.4 cm³/mol. The normalized spacial score (nSPS) is 20.2. The van der Waals surface area contributed by atoms with E-state index in [-0.39, 0.29) is 0 Å². The van der Waals surface area contributed by atoms with Gasteiger partial charge in [-0.05, 0) is 57.9 Å². The summed E-state index contributed by atoms with van der Waals surface area (Å²) in [5, 5.41) is 0. The molecule has 1 unspecified atom stereocenters. The highest BCUT2D eigenvalue weighted by molar-refractivity contribution is 5.79. The smallest absolute Gasteiger partial charge is 0.106 e. The molecule has 114 valence electrons. The standard InChI is InChI=1S/C17H26N4/c1-13-6-3-4-9-20(13)10-5-11-21-14(2)19-16-12-15(18)7-8-17(16)21/h7-8,12-13H,3-6,9-11,18H2,1-2H3. The molecule has 0 aliphatic carbocycles. The topological polar surface area (TPSA) is 47.1 Å². The fourth-order valence-electron chi connectivity index (χ4n) is 3.47. The highest BCUT2D eigenvalue weighted by Gasteiger charge is 2.17. The Morgan fingerprint density at radius 1 is 1.29 bits per heavy atom. The first-order valence-corrected chi connectivity index (χ1v) is 8.11. The molecule has 0 spiro atoms. The van der Waals surface area contributed by atoms with Crippen LogP contribution >= 0.6 is 0 Å². The molecule has 0 saturated carbocycles. The Hall–Kier alpha value is -1.55. The van der Waals surface area contributed by atoms with Crippen LogP contribution in [0.15, 0.2) is 18.2 Å². The van der Waals surface area contributed by atoms with Crippen molar-refractivity contribution in [3.63, 3.8) is 0 Å². The number of aryl methyl sites for hydroxylation is 2. The van der Waals surface area contributed by atoms with Gasteiger partial charge in [0.05, 0.1) is 11.0 Å². The Bertz CT molecular complexity index is 617. The quantitative estimate of drug-likeness (QED) is 0.878. The average molecular weight is 286 g/mol. The Balaban J connectivity index is 1.66. The van der Waals surface area contributed by atoms with E-state index < -0.39 is 0 Å². The molecule has 0 bridgehead atoms. The first-order valence-electron chi connectivity index (χ1n) is 8.11. The first kappa shape index (κ1) is 14.4. The van der Waals surface area contributed by atoms with Gasteiger partial charge in [-0.2, -0.15) is 0 Å². The van der Waals surface area contributed by atoms with Gasteiger partial charge in [0, 0.05) is 24.8 Å². The monoisotopic (exact) mass is 286 g/mol. The van der Waals surface area contributed by atoms with E-state index in [9.17, 15) is 0 Å². The Labute approximate surface area is 126 Å². The van der Waals surface area contributed by atoms with Gasteiger partial charge in [-0.15, -0.1) is 0 Å². The lowest BCUT2D eigenvalue weighted by Gasteiger charge is -2.33. The maximum atomic E-state index is 5.84. The van der Waals surface area contributed by atoms with Gasteiger partial charge >= 0.3 is 0 Å². The van der Waals surface area contributed by atoms with Crippen LogP contribution < -0.4 is 5.73 Å². The van der Waals surface area contributed by atoms with Gasteiger partial charge in [0.25, 0.3) is 0 Å². The van der Waals surface area contributed by atoms with Crippen molar-refractivity contribution in [2.24, 2.45) is 0 Å². The van der Waals surface area contributed by atoms with Crippen LogP contribution in [0.4, 0.5) is 5.69 Å². The van der Waals surface area contributed by atoms with Crippen LogP contribution in [-0.2, 0) is 6.54 Å². The van der Waals surface area contributed by atoms with Crippen molar-refractivity contribution >= 4 is 16.7 Å². The van der Waals surface area contributed by atoms with Gasteiger partial charge < -0.3 is 15.2 Å². The Kier molecular flexibility index (Phi) is 4.15. The number of benzene rings is 1. The minimum Gasteiger partial charge on any atom is -0.399 e. The van der Waals surface area contributed by atoms with Crippen LogP contribution in [-0.4, -0.2) is 33.6 Å². The third-order valence-electron chi connectivity index (χ3n) is 4.73. The van der Waals surface area contributed by atoms with Gasteiger partial charge in [-0.1, -0.05) is 6.42 Å². The molecule has 4 heteroatoms. The van der Waals surface area contributed by atoms with Gasteiger partial charge in [0.2, 0.25) is 0 Å². The minimum atomic E-state index is 0.749. The number of likely N-dealkylation sites (tertiary alicyclic amines) is 1. The Morgan fingerprint density at radius 3 is 2.95 bits per heavy atom. The molecule has 1 atom stereocenters. The zero-order chi connectivity index (χ0) is 14.8. The van der Waals surface area contributed by atoms with E-state index in [0.29, 0.717) is 0 Å². The summed E-state index contributed by atoms with van der Waals surface area (Å²) in [7, 11) is 0. The fourth-order valence-corrected chi connectivity index (χ4v) is 3.47. The van der Waals surface area contributed by atoms with Gasteiger partial charge in [0.15, 0.2) is 0 Å². The highest BCUT2D eigenvalue weighted by Crippen LogP contribution is 2.20. The molecule has 3 rings (SSSR count). The number of hydrogen-bond acceptors (Lipinski definition) is 3. The van der Waals surface area contributed by atoms with E-state index in [4.69, 9.17) is 5.73 Å². The molecule has 2 aromatic rings. The van der Waals surface area contributed by atoms with E-state index in [1.54, 1.807) is 0 Å². The van der Waals surface area contributed by atoms with E-state index in [1.807, 2.05) is 12.1 Å². The van der Waals surface area contributed by atoms with Crippen LogP contribution in [0.1, 0.15) is 38.4 Å². The van der Waals surface area contributed by atoms with Crippen molar-refractivity contribution in [1.29, 1.82) is 0 Å². The number of hydrogen-bond donors (Lipinski definition) is 1. The summed E-state index contributed by atoms with van der Waals surface area (Å²) in [4.78, 5) is 7.26. The lowest BCUT2D eigenvalue weighted by Crippen LogP contribution is -2.38. The van der Waals surface area contributed by atoms with E-state index >= 15 is 0 Å². The predicted octanol–water partition coefficient (Wildman–Crippen LogP) is 3.19. The minimum absolute atomic E-state index is 0.749. The van der Waals surface area contributed by atoms with Crippen LogP contribution in [0, 0.1) is 6.92 Å². The second kappa shape index (κ2) is 6.06. The average Bonchev–Trinajstić information content (AvgIpc) is 2.76. The van der Waals surface area contributed by atoms with Crippen molar-refractivity contribution in [1.82, 2.24) is 14.5 Å². The van der Waals surface area contributed by atoms with Gasteiger partial charge in [-0.3, -0.25) is 0 Å². The summed E-state index contributed by atoms with van der Waals surface area (Å²) in [6.07, 6.45) is 5.29. The van der Waals surface area contributed by atoms with E-state index in [1.165, 1.54) is 44.3 Å². The maximum Gasteiger partial charge on any atom is 0.106 e. The zero-order valence-electron chi connectivity index (χ0n) is 13.2. The zero-order valence-corrected chi connectivity index (χ0v) is 13.2. The number of aromatic nitrogens is 2. The van der Waals surface area contributed by atoms with Crippen molar-refractivity contribution in [3.8, 4) is 0 Å². The number of fused-ring (bicyclic) bond motifs is 1. The molecule has 1 aromatic heterocycles. The van der Waals surface area contributed by atoms with Crippen LogP contribution in [0.3, 0.4) is 0 Å². The van der Waals surface area contributed by atoms with Crippen LogP contribution in [0.25, 0.3) is 11.0 Å². The molecule has 1 aliphatic heterocycles. The van der Waals surface area contributed by atoms with Crippen molar-refractivity contribution < 1.29 is 0 Å². The maximum absolute atomic E-state index is 5.84. The number of piperidine rings is 1. The lowest BCUT2D eigenvalue weighted by atomic mass is 10.0. The number of anilines is 1. The molecule has 1 fully saturated rings. The van der Waals surface area contributed by atoms with Crippen molar-refractivity contribution in [2.75, 3.05) is 18.8 Å². The summed E-state index contributed by atoms with van der Waals surface area (Å²) in [6.45, 7) is 7.94. The lowest BCUT2D eigenvalue weighted by molar-refractivity contribution is 0.157. The summed E-state index contributed by atoms with van der Waals surface area (Å²) in [5.41, 5.74) is 8.84. The second-order valence-electron chi connectivity index (χ2n) is 6.29. The molecule has 4 nitrogen and oxygen atoms in total. The number of nitrogen functional groups attached to an aromatic ring is 1. The molecule has 2 N–H and O–H groups in total. The molecule has 0 radical (unpaired) electrons. The largest absolute Gasteiger partial charge is 0.399 e. The summed E-state index contributed by atoms with van der Waals surface area (Å²) in [6, 6.07) is 6.77. The first-order chi connectivity index (χ1) is 10.1. The second-order valence-corrected chi connectivity index (χ2v) is 6.29. The molecular weight excluding hydrogens is 260 g/mol. The van der Waals surface area contributed by atoms with E-state index in [2.05, 4.69) is 34.4 Å². The summed E-state index contributed by atoms with van der Waals surface area (Å²) >= 11 is 0. The number of nitrogens with zero attached hydrogens (tertiary/aromatic N) is 3.